The minimum atomic E-state index is -3.35. The van der Waals surface area contributed by atoms with Crippen molar-refractivity contribution in [1.29, 1.82) is 0 Å². The van der Waals surface area contributed by atoms with Crippen LogP contribution in [0.3, 0.4) is 0 Å². The molecule has 1 aromatic rings. The highest BCUT2D eigenvalue weighted by molar-refractivity contribution is 7.91. The fraction of sp³-hybridized carbons (Fsp3) is 0.667. The summed E-state index contributed by atoms with van der Waals surface area (Å²) < 4.78 is 32.3. The van der Waals surface area contributed by atoms with E-state index in [0.717, 1.165) is 0 Å². The fourth-order valence-electron chi connectivity index (χ4n) is 3.13. The second-order valence-corrected chi connectivity index (χ2v) is 8.10. The van der Waals surface area contributed by atoms with Gasteiger partial charge in [0.2, 0.25) is 0 Å². The van der Waals surface area contributed by atoms with Crippen LogP contribution in [0, 0.1) is 11.8 Å². The zero-order valence-electron chi connectivity index (χ0n) is 10.3. The van der Waals surface area contributed by atoms with Gasteiger partial charge in [0.25, 0.3) is 10.0 Å². The number of methoxy groups -OCH3 is 1. The lowest BCUT2D eigenvalue weighted by Crippen LogP contribution is -2.29. The standard InChI is InChI=1S/C12H17NO3S2/c1-16-11-5-6-17-12(11)18(14,15)13-7-9-3-2-4-10(9)8-13/h5-6,9-10H,2-4,7-8H2,1H3. The number of thiophene rings is 1. The molecule has 0 radical (unpaired) electrons. The molecule has 0 N–H and O–H groups in total. The van der Waals surface area contributed by atoms with Crippen LogP contribution >= 0.6 is 11.3 Å². The van der Waals surface area contributed by atoms with Gasteiger partial charge in [0.1, 0.15) is 5.75 Å². The first-order chi connectivity index (χ1) is 8.63. The molecule has 1 aromatic heterocycles. The van der Waals surface area contributed by atoms with Gasteiger partial charge in [-0.15, -0.1) is 11.3 Å². The molecule has 0 amide bonds. The van der Waals surface area contributed by atoms with E-state index in [-0.39, 0.29) is 0 Å². The number of hydrogen-bond acceptors (Lipinski definition) is 4. The van der Waals surface area contributed by atoms with Crippen molar-refractivity contribution in [1.82, 2.24) is 4.31 Å². The van der Waals surface area contributed by atoms with E-state index < -0.39 is 10.0 Å². The Labute approximate surface area is 112 Å². The van der Waals surface area contributed by atoms with Crippen LogP contribution in [0.1, 0.15) is 19.3 Å². The summed E-state index contributed by atoms with van der Waals surface area (Å²) in [5, 5.41) is 1.77. The number of rotatable bonds is 3. The molecule has 3 rings (SSSR count). The Balaban J connectivity index is 1.88. The van der Waals surface area contributed by atoms with Gasteiger partial charge in [0.15, 0.2) is 4.21 Å². The maximum atomic E-state index is 12.6. The molecule has 6 heteroatoms. The van der Waals surface area contributed by atoms with Gasteiger partial charge in [-0.1, -0.05) is 6.42 Å². The summed E-state index contributed by atoms with van der Waals surface area (Å²) in [6.07, 6.45) is 3.61. The normalized spacial score (nSPS) is 28.5. The summed E-state index contributed by atoms with van der Waals surface area (Å²) in [6.45, 7) is 1.38. The number of fused-ring (bicyclic) bond motifs is 1. The molecule has 1 saturated carbocycles. The first-order valence-electron chi connectivity index (χ1n) is 6.24. The summed E-state index contributed by atoms with van der Waals surface area (Å²) >= 11 is 1.24. The Morgan fingerprint density at radius 1 is 1.33 bits per heavy atom. The third-order valence-electron chi connectivity index (χ3n) is 4.08. The maximum absolute atomic E-state index is 12.6. The Bertz CT molecular complexity index is 525. The molecule has 0 spiro atoms. The van der Waals surface area contributed by atoms with Crippen molar-refractivity contribution in [2.24, 2.45) is 11.8 Å². The number of sulfonamides is 1. The maximum Gasteiger partial charge on any atom is 0.256 e. The first kappa shape index (κ1) is 12.4. The van der Waals surface area contributed by atoms with E-state index in [9.17, 15) is 8.42 Å². The fourth-order valence-corrected chi connectivity index (χ4v) is 6.10. The van der Waals surface area contributed by atoms with Gasteiger partial charge in [-0.25, -0.2) is 8.42 Å². The molecule has 1 saturated heterocycles. The predicted octanol–water partition coefficient (Wildman–Crippen LogP) is 2.18. The molecule has 1 aliphatic carbocycles. The topological polar surface area (TPSA) is 46.6 Å². The van der Waals surface area contributed by atoms with E-state index in [0.29, 0.717) is 34.9 Å². The third kappa shape index (κ3) is 1.87. The average Bonchev–Trinajstić information content (AvgIpc) is 3.03. The van der Waals surface area contributed by atoms with Gasteiger partial charge in [-0.05, 0) is 36.1 Å². The second kappa shape index (κ2) is 4.51. The van der Waals surface area contributed by atoms with Crippen LogP contribution in [0.4, 0.5) is 0 Å². The van der Waals surface area contributed by atoms with Gasteiger partial charge in [-0.2, -0.15) is 4.31 Å². The molecule has 100 valence electrons. The van der Waals surface area contributed by atoms with Crippen molar-refractivity contribution in [2.45, 2.75) is 23.5 Å². The van der Waals surface area contributed by atoms with Gasteiger partial charge in [0.05, 0.1) is 7.11 Å². The summed E-state index contributed by atoms with van der Waals surface area (Å²) in [6, 6.07) is 1.72. The third-order valence-corrected chi connectivity index (χ3v) is 7.34. The lowest BCUT2D eigenvalue weighted by Gasteiger charge is -2.16. The zero-order valence-corrected chi connectivity index (χ0v) is 12.0. The van der Waals surface area contributed by atoms with Crippen molar-refractivity contribution in [3.05, 3.63) is 11.4 Å². The van der Waals surface area contributed by atoms with Crippen molar-refractivity contribution < 1.29 is 13.2 Å². The number of ether oxygens (including phenoxy) is 1. The highest BCUT2D eigenvalue weighted by Crippen LogP contribution is 2.41. The minimum absolute atomic E-state index is 0.352. The highest BCUT2D eigenvalue weighted by atomic mass is 32.2. The Hall–Kier alpha value is -0.590. The summed E-state index contributed by atoms with van der Waals surface area (Å²) in [5.74, 6) is 1.62. The van der Waals surface area contributed by atoms with E-state index in [1.165, 1.54) is 37.7 Å². The molecule has 0 bridgehead atoms. The molecule has 2 unspecified atom stereocenters. The molecule has 2 aliphatic rings. The molecule has 18 heavy (non-hydrogen) atoms. The van der Waals surface area contributed by atoms with Crippen molar-refractivity contribution in [3.8, 4) is 5.75 Å². The van der Waals surface area contributed by atoms with Gasteiger partial charge < -0.3 is 4.74 Å². The van der Waals surface area contributed by atoms with E-state index in [2.05, 4.69) is 0 Å². The van der Waals surface area contributed by atoms with Gasteiger partial charge in [0, 0.05) is 13.1 Å². The highest BCUT2D eigenvalue weighted by Gasteiger charge is 2.42. The molecule has 2 fully saturated rings. The van der Waals surface area contributed by atoms with Crippen molar-refractivity contribution >= 4 is 21.4 Å². The van der Waals surface area contributed by atoms with E-state index in [1.54, 1.807) is 15.8 Å². The quantitative estimate of drug-likeness (QED) is 0.856. The predicted molar refractivity (Wildman–Crippen MR) is 70.5 cm³/mol. The Morgan fingerprint density at radius 3 is 2.61 bits per heavy atom. The molecular formula is C12H17NO3S2. The average molecular weight is 287 g/mol. The minimum Gasteiger partial charge on any atom is -0.494 e. The van der Waals surface area contributed by atoms with E-state index in [4.69, 9.17) is 4.74 Å². The summed E-state index contributed by atoms with van der Waals surface area (Å²) in [7, 11) is -1.84. The molecule has 0 aromatic carbocycles. The van der Waals surface area contributed by atoms with E-state index in [1.807, 2.05) is 0 Å². The van der Waals surface area contributed by atoms with Crippen molar-refractivity contribution in [2.75, 3.05) is 20.2 Å². The van der Waals surface area contributed by atoms with Crippen molar-refractivity contribution in [3.63, 3.8) is 0 Å². The van der Waals surface area contributed by atoms with Crippen LogP contribution in [0.5, 0.6) is 5.75 Å². The van der Waals surface area contributed by atoms with Crippen LogP contribution < -0.4 is 4.74 Å². The molecule has 1 aliphatic heterocycles. The summed E-state index contributed by atoms with van der Waals surface area (Å²) in [5.41, 5.74) is 0. The smallest absolute Gasteiger partial charge is 0.256 e. The zero-order chi connectivity index (χ0) is 12.8. The van der Waals surface area contributed by atoms with Gasteiger partial charge >= 0.3 is 0 Å². The summed E-state index contributed by atoms with van der Waals surface area (Å²) in [4.78, 5) is 0. The Morgan fingerprint density at radius 2 is 2.00 bits per heavy atom. The lowest BCUT2D eigenvalue weighted by molar-refractivity contribution is 0.400. The van der Waals surface area contributed by atoms with Crippen LogP contribution in [0.15, 0.2) is 15.7 Å². The molecule has 2 heterocycles. The molecular weight excluding hydrogens is 270 g/mol. The molecule has 4 nitrogen and oxygen atoms in total. The van der Waals surface area contributed by atoms with Crippen LogP contribution in [0.2, 0.25) is 0 Å². The second-order valence-electron chi connectivity index (χ2n) is 5.05. The molecule has 2 atom stereocenters. The number of nitrogens with zero attached hydrogens (tertiary/aromatic N) is 1. The van der Waals surface area contributed by atoms with Crippen LogP contribution in [0.25, 0.3) is 0 Å². The van der Waals surface area contributed by atoms with Gasteiger partial charge in [-0.3, -0.25) is 0 Å². The lowest BCUT2D eigenvalue weighted by atomic mass is 10.0. The first-order valence-corrected chi connectivity index (χ1v) is 8.56. The van der Waals surface area contributed by atoms with E-state index >= 15 is 0 Å². The van der Waals surface area contributed by atoms with Crippen LogP contribution in [-0.4, -0.2) is 32.9 Å². The van der Waals surface area contributed by atoms with Crippen LogP contribution in [-0.2, 0) is 10.0 Å². The monoisotopic (exact) mass is 287 g/mol. The Kier molecular flexibility index (Phi) is 3.11. The SMILES string of the molecule is COc1ccsc1S(=O)(=O)N1CC2CCCC2C1. The number of hydrogen-bond donors (Lipinski definition) is 0. The largest absolute Gasteiger partial charge is 0.494 e.